The van der Waals surface area contributed by atoms with Crippen molar-refractivity contribution < 1.29 is 17.6 Å². The molecule has 0 atom stereocenters. The molecule has 0 heterocycles. The van der Waals surface area contributed by atoms with Gasteiger partial charge in [-0.15, -0.1) is 0 Å². The van der Waals surface area contributed by atoms with Crippen molar-refractivity contribution >= 4 is 15.9 Å². The first kappa shape index (κ1) is 15.9. The Bertz CT molecular complexity index is 654. The van der Waals surface area contributed by atoms with Crippen molar-refractivity contribution in [1.82, 2.24) is 5.32 Å². The molecule has 21 heavy (non-hydrogen) atoms. The lowest BCUT2D eigenvalue weighted by molar-refractivity contribution is 0.0943. The zero-order valence-corrected chi connectivity index (χ0v) is 12.7. The van der Waals surface area contributed by atoms with Gasteiger partial charge in [0.25, 0.3) is 5.91 Å². The summed E-state index contributed by atoms with van der Waals surface area (Å²) in [5, 5.41) is 7.71. The molecular weight excluding hydrogens is 295 g/mol. The van der Waals surface area contributed by atoms with Crippen LogP contribution in [-0.2, 0) is 10.0 Å². The van der Waals surface area contributed by atoms with E-state index in [1.165, 1.54) is 6.07 Å². The third-order valence-corrected chi connectivity index (χ3v) is 4.79. The number of sulfonamides is 1. The van der Waals surface area contributed by atoms with Gasteiger partial charge in [-0.2, -0.15) is 0 Å². The zero-order chi connectivity index (χ0) is 15.7. The molecule has 1 fully saturated rings. The van der Waals surface area contributed by atoms with Gasteiger partial charge < -0.3 is 5.32 Å². The Morgan fingerprint density at radius 3 is 2.62 bits per heavy atom. The predicted molar refractivity (Wildman–Crippen MR) is 76.7 cm³/mol. The Kier molecular flexibility index (Phi) is 4.34. The summed E-state index contributed by atoms with van der Waals surface area (Å²) < 4.78 is 35.9. The second-order valence-corrected chi connectivity index (χ2v) is 7.15. The largest absolute Gasteiger partial charge is 0.351 e. The molecular formula is C14H19FN2O3S. The molecule has 1 saturated carbocycles. The second-order valence-electron chi connectivity index (χ2n) is 5.62. The number of nitrogens with two attached hydrogens (primary N) is 1. The third-order valence-electron chi connectivity index (χ3n) is 3.86. The standard InChI is InChI=1S/C14H19FN2O3S/c1-2-5-14(6-7-14)9-17-13(18)10-3-4-11(15)12(8-10)21(16,19)20/h3-4,8H,2,5-7,9H2,1H3,(H,17,18)(H2,16,19,20). The smallest absolute Gasteiger partial charge is 0.251 e. The highest BCUT2D eigenvalue weighted by Gasteiger charge is 2.41. The van der Waals surface area contributed by atoms with Gasteiger partial charge in [0.05, 0.1) is 0 Å². The predicted octanol–water partition coefficient (Wildman–Crippen LogP) is 1.78. The number of carbonyl (C=O) groups is 1. The number of carbonyl (C=O) groups excluding carboxylic acids is 1. The SMILES string of the molecule is CCCC1(CNC(=O)c2ccc(F)c(S(N)(=O)=O)c2)CC1. The minimum absolute atomic E-state index is 0.0905. The number of nitrogens with one attached hydrogen (secondary N) is 1. The first-order valence-electron chi connectivity index (χ1n) is 6.88. The van der Waals surface area contributed by atoms with Crippen molar-refractivity contribution in [3.8, 4) is 0 Å². The number of rotatable bonds is 6. The summed E-state index contributed by atoms with van der Waals surface area (Å²) in [7, 11) is -4.18. The average Bonchev–Trinajstić information content (AvgIpc) is 3.16. The quantitative estimate of drug-likeness (QED) is 0.839. The molecule has 3 N–H and O–H groups in total. The van der Waals surface area contributed by atoms with E-state index in [4.69, 9.17) is 5.14 Å². The number of benzene rings is 1. The third kappa shape index (κ3) is 3.79. The van der Waals surface area contributed by atoms with Crippen LogP contribution in [0, 0.1) is 11.2 Å². The summed E-state index contributed by atoms with van der Waals surface area (Å²) in [6, 6.07) is 3.16. The van der Waals surface area contributed by atoms with Gasteiger partial charge in [0.1, 0.15) is 10.7 Å². The molecule has 0 unspecified atom stereocenters. The lowest BCUT2D eigenvalue weighted by Gasteiger charge is -2.15. The maximum Gasteiger partial charge on any atom is 0.251 e. The fraction of sp³-hybridized carbons (Fsp3) is 0.500. The summed E-state index contributed by atoms with van der Waals surface area (Å²) in [6.07, 6.45) is 4.29. The average molecular weight is 314 g/mol. The highest BCUT2D eigenvalue weighted by Crippen LogP contribution is 2.48. The molecule has 1 aromatic carbocycles. The van der Waals surface area contributed by atoms with Crippen LogP contribution in [0.1, 0.15) is 43.0 Å². The van der Waals surface area contributed by atoms with E-state index < -0.39 is 26.6 Å². The van der Waals surface area contributed by atoms with E-state index in [1.54, 1.807) is 0 Å². The van der Waals surface area contributed by atoms with Gasteiger partial charge in [-0.3, -0.25) is 4.79 Å². The van der Waals surface area contributed by atoms with Crippen molar-refractivity contribution in [1.29, 1.82) is 0 Å². The normalized spacial score (nSPS) is 16.5. The lowest BCUT2D eigenvalue weighted by atomic mass is 10.0. The lowest BCUT2D eigenvalue weighted by Crippen LogP contribution is -2.30. The number of primary sulfonamides is 1. The van der Waals surface area contributed by atoms with Gasteiger partial charge >= 0.3 is 0 Å². The Hall–Kier alpha value is -1.47. The van der Waals surface area contributed by atoms with Crippen LogP contribution in [-0.4, -0.2) is 20.9 Å². The van der Waals surface area contributed by atoms with E-state index in [-0.39, 0.29) is 11.0 Å². The molecule has 1 aromatic rings. The van der Waals surface area contributed by atoms with Crippen molar-refractivity contribution in [2.75, 3.05) is 6.54 Å². The maximum absolute atomic E-state index is 13.4. The zero-order valence-electron chi connectivity index (χ0n) is 11.9. The molecule has 1 aliphatic carbocycles. The Morgan fingerprint density at radius 1 is 1.43 bits per heavy atom. The Balaban J connectivity index is 2.10. The number of amides is 1. The van der Waals surface area contributed by atoms with Crippen LogP contribution >= 0.6 is 0 Å². The molecule has 0 bridgehead atoms. The summed E-state index contributed by atoms with van der Waals surface area (Å²) in [6.45, 7) is 2.65. The van der Waals surface area contributed by atoms with Crippen molar-refractivity contribution in [3.63, 3.8) is 0 Å². The van der Waals surface area contributed by atoms with E-state index in [0.717, 1.165) is 37.8 Å². The van der Waals surface area contributed by atoms with E-state index in [0.29, 0.717) is 6.54 Å². The molecule has 7 heteroatoms. The molecule has 0 spiro atoms. The highest BCUT2D eigenvalue weighted by atomic mass is 32.2. The summed E-state index contributed by atoms with van der Waals surface area (Å²) in [5.74, 6) is -1.37. The van der Waals surface area contributed by atoms with Gasteiger partial charge in [0, 0.05) is 12.1 Å². The first-order valence-corrected chi connectivity index (χ1v) is 8.43. The second kappa shape index (κ2) is 5.73. The van der Waals surface area contributed by atoms with Crippen LogP contribution in [0.4, 0.5) is 4.39 Å². The van der Waals surface area contributed by atoms with Crippen LogP contribution < -0.4 is 10.5 Å². The number of hydrogen-bond donors (Lipinski definition) is 2. The minimum atomic E-state index is -4.18. The molecule has 0 saturated heterocycles. The van der Waals surface area contributed by atoms with E-state index in [1.807, 2.05) is 0 Å². The molecule has 0 radical (unpaired) electrons. The van der Waals surface area contributed by atoms with E-state index in [9.17, 15) is 17.6 Å². The topological polar surface area (TPSA) is 89.3 Å². The van der Waals surface area contributed by atoms with Crippen molar-refractivity contribution in [2.24, 2.45) is 10.6 Å². The minimum Gasteiger partial charge on any atom is -0.351 e. The van der Waals surface area contributed by atoms with Gasteiger partial charge in [-0.25, -0.2) is 17.9 Å². The van der Waals surface area contributed by atoms with Gasteiger partial charge in [0.15, 0.2) is 0 Å². The van der Waals surface area contributed by atoms with Gasteiger partial charge in [0.2, 0.25) is 10.0 Å². The van der Waals surface area contributed by atoms with Crippen LogP contribution in [0.3, 0.4) is 0 Å². The summed E-state index contributed by atoms with van der Waals surface area (Å²) in [5.41, 5.74) is 0.278. The maximum atomic E-state index is 13.4. The van der Waals surface area contributed by atoms with Crippen LogP contribution in [0.5, 0.6) is 0 Å². The summed E-state index contributed by atoms with van der Waals surface area (Å²) in [4.78, 5) is 11.4. The molecule has 0 aliphatic heterocycles. The van der Waals surface area contributed by atoms with Gasteiger partial charge in [-0.05, 0) is 42.9 Å². The first-order chi connectivity index (χ1) is 9.77. The number of halogens is 1. The molecule has 1 aliphatic rings. The Labute approximate surface area is 123 Å². The molecule has 2 rings (SSSR count). The van der Waals surface area contributed by atoms with Crippen molar-refractivity contribution in [3.05, 3.63) is 29.6 Å². The fourth-order valence-electron chi connectivity index (χ4n) is 2.45. The molecule has 5 nitrogen and oxygen atoms in total. The van der Waals surface area contributed by atoms with Crippen LogP contribution in [0.25, 0.3) is 0 Å². The van der Waals surface area contributed by atoms with E-state index in [2.05, 4.69) is 12.2 Å². The summed E-state index contributed by atoms with van der Waals surface area (Å²) >= 11 is 0. The monoisotopic (exact) mass is 314 g/mol. The van der Waals surface area contributed by atoms with Crippen molar-refractivity contribution in [2.45, 2.75) is 37.5 Å². The molecule has 0 aromatic heterocycles. The molecule has 116 valence electrons. The highest BCUT2D eigenvalue weighted by molar-refractivity contribution is 7.89. The van der Waals surface area contributed by atoms with Crippen LogP contribution in [0.2, 0.25) is 0 Å². The Morgan fingerprint density at radius 2 is 2.10 bits per heavy atom. The van der Waals surface area contributed by atoms with Gasteiger partial charge in [-0.1, -0.05) is 13.3 Å². The fourth-order valence-corrected chi connectivity index (χ4v) is 3.09. The molecule has 1 amide bonds. The van der Waals surface area contributed by atoms with Crippen LogP contribution in [0.15, 0.2) is 23.1 Å². The number of hydrogen-bond acceptors (Lipinski definition) is 3. The van der Waals surface area contributed by atoms with E-state index >= 15 is 0 Å².